The molecule has 0 atom stereocenters. The number of aryl methyl sites for hydroxylation is 1. The van der Waals surface area contributed by atoms with E-state index in [1.165, 1.54) is 10.7 Å². The number of amides is 1. The van der Waals surface area contributed by atoms with E-state index in [0.717, 1.165) is 55.3 Å². The fourth-order valence-corrected chi connectivity index (χ4v) is 6.37. The maximum Gasteiger partial charge on any atom is 0.258 e. The second-order valence-electron chi connectivity index (χ2n) is 8.81. The van der Waals surface area contributed by atoms with Crippen LogP contribution in [0, 0.1) is 6.92 Å². The van der Waals surface area contributed by atoms with E-state index in [2.05, 4.69) is 6.92 Å². The highest BCUT2D eigenvalue weighted by molar-refractivity contribution is 7.89. The first-order chi connectivity index (χ1) is 15.3. The molecule has 1 aliphatic carbocycles. The van der Waals surface area contributed by atoms with E-state index < -0.39 is 10.0 Å². The van der Waals surface area contributed by atoms with Gasteiger partial charge in [-0.3, -0.25) is 4.79 Å². The molecule has 1 fully saturated rings. The largest absolute Gasteiger partial charge is 0.495 e. The zero-order valence-corrected chi connectivity index (χ0v) is 20.0. The van der Waals surface area contributed by atoms with Gasteiger partial charge < -0.3 is 9.64 Å². The molecular weight excluding hydrogens is 424 g/mol. The van der Waals surface area contributed by atoms with Crippen LogP contribution in [0.3, 0.4) is 0 Å². The third kappa shape index (κ3) is 4.16. The summed E-state index contributed by atoms with van der Waals surface area (Å²) < 4.78 is 33.3. The highest BCUT2D eigenvalue weighted by Gasteiger charge is 2.31. The summed E-state index contributed by atoms with van der Waals surface area (Å²) in [6.45, 7) is 2.66. The van der Waals surface area contributed by atoms with Crippen LogP contribution in [0.15, 0.2) is 41.3 Å². The molecule has 0 spiro atoms. The average molecular weight is 457 g/mol. The Morgan fingerprint density at radius 2 is 1.72 bits per heavy atom. The van der Waals surface area contributed by atoms with Crippen LogP contribution < -0.4 is 9.64 Å². The van der Waals surface area contributed by atoms with Crippen molar-refractivity contribution in [2.24, 2.45) is 0 Å². The van der Waals surface area contributed by atoms with Gasteiger partial charge in [0.25, 0.3) is 5.91 Å². The number of methoxy groups -OCH3 is 1. The van der Waals surface area contributed by atoms with E-state index in [9.17, 15) is 13.2 Å². The normalized spacial score (nSPS) is 17.3. The van der Waals surface area contributed by atoms with Crippen LogP contribution in [-0.2, 0) is 16.4 Å². The fraction of sp³-hybridized carbons (Fsp3) is 0.480. The highest BCUT2D eigenvalue weighted by Crippen LogP contribution is 2.39. The maximum atomic E-state index is 13.4. The molecule has 32 heavy (non-hydrogen) atoms. The number of carbonyl (C=O) groups is 1. The Morgan fingerprint density at radius 1 is 1.03 bits per heavy atom. The minimum atomic E-state index is -3.58. The summed E-state index contributed by atoms with van der Waals surface area (Å²) in [6, 6.07) is 10.3. The number of fused-ring (bicyclic) bond motifs is 1. The summed E-state index contributed by atoms with van der Waals surface area (Å²) in [4.78, 5) is 15.4. The lowest BCUT2D eigenvalue weighted by atomic mass is 9.95. The molecule has 1 aliphatic heterocycles. The van der Waals surface area contributed by atoms with Crippen molar-refractivity contribution in [3.8, 4) is 5.75 Å². The number of nitrogens with zero attached hydrogens (tertiary/aromatic N) is 2. The number of anilines is 1. The zero-order valence-electron chi connectivity index (χ0n) is 19.1. The van der Waals surface area contributed by atoms with Crippen LogP contribution in [0.1, 0.15) is 60.0 Å². The van der Waals surface area contributed by atoms with Crippen LogP contribution in [-0.4, -0.2) is 45.4 Å². The Bertz CT molecular complexity index is 1090. The summed E-state index contributed by atoms with van der Waals surface area (Å²) in [7, 11) is -0.296. The molecule has 0 unspecified atom stereocenters. The van der Waals surface area contributed by atoms with E-state index in [1.807, 2.05) is 12.1 Å². The lowest BCUT2D eigenvalue weighted by Gasteiger charge is -2.32. The Labute approximate surface area is 191 Å². The summed E-state index contributed by atoms with van der Waals surface area (Å²) in [6.07, 6.45) is 6.91. The van der Waals surface area contributed by atoms with Crippen molar-refractivity contribution in [1.82, 2.24) is 4.31 Å². The van der Waals surface area contributed by atoms with Crippen LogP contribution in [0.5, 0.6) is 5.75 Å². The number of carbonyl (C=O) groups excluding carboxylic acids is 1. The Morgan fingerprint density at radius 3 is 2.38 bits per heavy atom. The molecule has 0 aromatic heterocycles. The Kier molecular flexibility index (Phi) is 6.58. The van der Waals surface area contributed by atoms with Crippen molar-refractivity contribution in [3.05, 3.63) is 53.1 Å². The van der Waals surface area contributed by atoms with E-state index in [4.69, 9.17) is 4.74 Å². The number of hydrogen-bond acceptors (Lipinski definition) is 4. The van der Waals surface area contributed by atoms with Gasteiger partial charge in [-0.15, -0.1) is 0 Å². The fourth-order valence-electron chi connectivity index (χ4n) is 4.95. The lowest BCUT2D eigenvalue weighted by molar-refractivity contribution is 0.0984. The smallest absolute Gasteiger partial charge is 0.258 e. The molecule has 0 N–H and O–H groups in total. The van der Waals surface area contributed by atoms with Crippen molar-refractivity contribution in [3.63, 3.8) is 0 Å². The van der Waals surface area contributed by atoms with Crippen molar-refractivity contribution in [1.29, 1.82) is 0 Å². The second-order valence-corrected chi connectivity index (χ2v) is 10.8. The third-order valence-corrected chi connectivity index (χ3v) is 8.81. The van der Waals surface area contributed by atoms with Gasteiger partial charge >= 0.3 is 0 Å². The molecule has 0 saturated heterocycles. The van der Waals surface area contributed by atoms with Crippen molar-refractivity contribution in [2.75, 3.05) is 25.6 Å². The lowest BCUT2D eigenvalue weighted by Crippen LogP contribution is -2.38. The monoisotopic (exact) mass is 456 g/mol. The highest BCUT2D eigenvalue weighted by atomic mass is 32.2. The molecule has 4 rings (SSSR count). The molecule has 7 heteroatoms. The molecule has 172 valence electrons. The van der Waals surface area contributed by atoms with Gasteiger partial charge in [0.15, 0.2) is 0 Å². The van der Waals surface area contributed by atoms with Crippen LogP contribution in [0.4, 0.5) is 5.69 Å². The predicted octanol–water partition coefficient (Wildman–Crippen LogP) is 4.55. The Hall–Kier alpha value is -2.38. The SMILES string of the molecule is COc1ccc(C)c2c1N(C(=O)c1ccc(S(=O)(=O)N(C)C3CCCCC3)cc1)CCC2. The quantitative estimate of drug-likeness (QED) is 0.662. The summed E-state index contributed by atoms with van der Waals surface area (Å²) in [5.41, 5.74) is 3.58. The number of ether oxygens (including phenoxy) is 1. The van der Waals surface area contributed by atoms with Crippen molar-refractivity contribution >= 4 is 21.6 Å². The summed E-state index contributed by atoms with van der Waals surface area (Å²) >= 11 is 0. The van der Waals surface area contributed by atoms with E-state index in [0.29, 0.717) is 17.9 Å². The number of hydrogen-bond donors (Lipinski definition) is 0. The molecule has 2 aromatic rings. The average Bonchev–Trinajstić information content (AvgIpc) is 2.84. The van der Waals surface area contributed by atoms with E-state index in [-0.39, 0.29) is 16.8 Å². The Balaban J connectivity index is 1.59. The van der Waals surface area contributed by atoms with Crippen molar-refractivity contribution < 1.29 is 17.9 Å². The van der Waals surface area contributed by atoms with Gasteiger partial charge in [0, 0.05) is 25.2 Å². The van der Waals surface area contributed by atoms with Gasteiger partial charge in [0.2, 0.25) is 10.0 Å². The van der Waals surface area contributed by atoms with Gasteiger partial charge in [0.1, 0.15) is 5.75 Å². The van der Waals surface area contributed by atoms with Gasteiger partial charge in [-0.1, -0.05) is 25.3 Å². The van der Waals surface area contributed by atoms with Gasteiger partial charge in [0.05, 0.1) is 17.7 Å². The van der Waals surface area contributed by atoms with Crippen LogP contribution in [0.25, 0.3) is 0 Å². The van der Waals surface area contributed by atoms with Crippen LogP contribution in [0.2, 0.25) is 0 Å². The number of rotatable bonds is 5. The molecule has 1 saturated carbocycles. The topological polar surface area (TPSA) is 66.9 Å². The van der Waals surface area contributed by atoms with Gasteiger partial charge in [-0.05, 0) is 74.1 Å². The minimum absolute atomic E-state index is 0.0515. The molecule has 0 bridgehead atoms. The standard InChI is InChI=1S/C25H32N2O4S/c1-18-11-16-23(31-3)24-22(18)10-7-17-27(24)25(28)19-12-14-21(15-13-19)32(29,30)26(2)20-8-5-4-6-9-20/h11-16,20H,4-10,17H2,1-3H3. The van der Waals surface area contributed by atoms with E-state index >= 15 is 0 Å². The summed E-state index contributed by atoms with van der Waals surface area (Å²) in [5.74, 6) is 0.548. The maximum absolute atomic E-state index is 13.4. The molecule has 2 aliphatic rings. The first-order valence-corrected chi connectivity index (χ1v) is 12.8. The molecule has 0 radical (unpaired) electrons. The number of sulfonamides is 1. The second kappa shape index (κ2) is 9.24. The van der Waals surface area contributed by atoms with Gasteiger partial charge in [-0.25, -0.2) is 8.42 Å². The van der Waals surface area contributed by atoms with Crippen molar-refractivity contribution in [2.45, 2.75) is 62.8 Å². The predicted molar refractivity (Wildman–Crippen MR) is 126 cm³/mol. The molecule has 1 amide bonds. The zero-order chi connectivity index (χ0) is 22.9. The first kappa shape index (κ1) is 22.8. The molecule has 6 nitrogen and oxygen atoms in total. The van der Waals surface area contributed by atoms with Gasteiger partial charge in [-0.2, -0.15) is 4.31 Å². The molecular formula is C25H32N2O4S. The first-order valence-electron chi connectivity index (χ1n) is 11.4. The molecule has 1 heterocycles. The van der Waals surface area contributed by atoms with E-state index in [1.54, 1.807) is 43.3 Å². The summed E-state index contributed by atoms with van der Waals surface area (Å²) in [5, 5.41) is 0. The number of benzene rings is 2. The third-order valence-electron chi connectivity index (χ3n) is 6.89. The molecule has 2 aromatic carbocycles. The van der Waals surface area contributed by atoms with Crippen LogP contribution >= 0.6 is 0 Å². The minimum Gasteiger partial charge on any atom is -0.495 e.